The van der Waals surface area contributed by atoms with E-state index < -0.39 is 0 Å². The smallest absolute Gasteiger partial charge is 0.238 e. The molecule has 0 unspecified atom stereocenters. The zero-order valence-corrected chi connectivity index (χ0v) is 16.8. The summed E-state index contributed by atoms with van der Waals surface area (Å²) in [5, 5.41) is 2.87. The van der Waals surface area contributed by atoms with Crippen molar-refractivity contribution in [2.45, 2.75) is 45.4 Å². The molecule has 2 heterocycles. The zero-order valence-electron chi connectivity index (χ0n) is 16.8. The Balaban J connectivity index is 1.44. The molecule has 0 aliphatic carbocycles. The molecule has 3 rings (SSSR count). The minimum atomic E-state index is -0.0852. The number of carbonyl (C=O) groups excluding carboxylic acids is 3. The number of likely N-dealkylation sites (tertiary alicyclic amines) is 2. The van der Waals surface area contributed by atoms with Gasteiger partial charge in [0, 0.05) is 30.3 Å². The Morgan fingerprint density at radius 3 is 2.32 bits per heavy atom. The van der Waals surface area contributed by atoms with Crippen molar-refractivity contribution in [3.05, 3.63) is 29.8 Å². The van der Waals surface area contributed by atoms with E-state index in [1.165, 1.54) is 19.8 Å². The summed E-state index contributed by atoms with van der Waals surface area (Å²) < 4.78 is 0. The third-order valence-electron chi connectivity index (χ3n) is 5.77. The lowest BCUT2D eigenvalue weighted by atomic mass is 9.95. The highest BCUT2D eigenvalue weighted by molar-refractivity contribution is 5.97. The number of nitrogens with one attached hydrogen (secondary N) is 1. The van der Waals surface area contributed by atoms with Crippen LogP contribution in [0.5, 0.6) is 0 Å². The molecule has 1 aromatic carbocycles. The lowest BCUT2D eigenvalue weighted by molar-refractivity contribution is -0.137. The van der Waals surface area contributed by atoms with E-state index in [0.29, 0.717) is 23.7 Å². The fourth-order valence-corrected chi connectivity index (χ4v) is 4.11. The van der Waals surface area contributed by atoms with Crippen molar-refractivity contribution in [1.82, 2.24) is 9.80 Å². The maximum Gasteiger partial charge on any atom is 0.238 e. The second kappa shape index (κ2) is 9.82. The van der Waals surface area contributed by atoms with E-state index in [0.717, 1.165) is 51.9 Å². The van der Waals surface area contributed by atoms with Crippen LogP contribution >= 0.6 is 0 Å². The molecule has 28 heavy (non-hydrogen) atoms. The molecule has 6 nitrogen and oxygen atoms in total. The van der Waals surface area contributed by atoms with Crippen molar-refractivity contribution in [3.63, 3.8) is 0 Å². The Morgan fingerprint density at radius 1 is 1.00 bits per heavy atom. The van der Waals surface area contributed by atoms with Gasteiger partial charge in [0.05, 0.1) is 6.54 Å². The summed E-state index contributed by atoms with van der Waals surface area (Å²) in [5.41, 5.74) is 1.23. The van der Waals surface area contributed by atoms with Crippen molar-refractivity contribution in [3.8, 4) is 0 Å². The molecule has 2 amide bonds. The third-order valence-corrected chi connectivity index (χ3v) is 5.77. The highest BCUT2D eigenvalue weighted by Gasteiger charge is 2.29. The molecule has 1 aromatic rings. The van der Waals surface area contributed by atoms with E-state index in [2.05, 4.69) is 15.1 Å². The summed E-state index contributed by atoms with van der Waals surface area (Å²) in [5.74, 6) is 0.307. The van der Waals surface area contributed by atoms with Gasteiger partial charge in [0.1, 0.15) is 0 Å². The van der Waals surface area contributed by atoms with Gasteiger partial charge in [-0.15, -0.1) is 0 Å². The quantitative estimate of drug-likeness (QED) is 0.791. The lowest BCUT2D eigenvalue weighted by Gasteiger charge is -2.33. The van der Waals surface area contributed by atoms with Crippen molar-refractivity contribution >= 4 is 23.3 Å². The van der Waals surface area contributed by atoms with Crippen LogP contribution in [-0.4, -0.2) is 60.1 Å². The van der Waals surface area contributed by atoms with Crippen LogP contribution in [-0.2, 0) is 9.59 Å². The Labute approximate surface area is 167 Å². The van der Waals surface area contributed by atoms with Crippen LogP contribution in [0.2, 0.25) is 0 Å². The van der Waals surface area contributed by atoms with E-state index in [-0.39, 0.29) is 17.6 Å². The SMILES string of the molecule is CC(=O)c1cccc(NC(=O)CN2CCC(C(=O)N3CCCCCC3)CC2)c1. The molecular formula is C22H31N3O3. The number of amides is 2. The Hall–Kier alpha value is -2.21. The summed E-state index contributed by atoms with van der Waals surface area (Å²) in [7, 11) is 0. The predicted molar refractivity (Wildman–Crippen MR) is 109 cm³/mol. The van der Waals surface area contributed by atoms with Gasteiger partial charge in [-0.1, -0.05) is 25.0 Å². The number of benzene rings is 1. The number of ketones is 1. The van der Waals surface area contributed by atoms with Gasteiger partial charge in [0.25, 0.3) is 0 Å². The second-order valence-electron chi connectivity index (χ2n) is 7.98. The monoisotopic (exact) mass is 385 g/mol. The normalized spacial score (nSPS) is 19.1. The third kappa shape index (κ3) is 5.64. The minimum absolute atomic E-state index is 0.0211. The number of nitrogens with zero attached hydrogens (tertiary/aromatic N) is 2. The van der Waals surface area contributed by atoms with Gasteiger partial charge in [0.2, 0.25) is 11.8 Å². The van der Waals surface area contributed by atoms with Gasteiger partial charge >= 0.3 is 0 Å². The maximum atomic E-state index is 12.8. The van der Waals surface area contributed by atoms with Crippen LogP contribution < -0.4 is 5.32 Å². The number of anilines is 1. The van der Waals surface area contributed by atoms with Crippen molar-refractivity contribution < 1.29 is 14.4 Å². The van der Waals surface area contributed by atoms with E-state index in [4.69, 9.17) is 0 Å². The molecule has 152 valence electrons. The van der Waals surface area contributed by atoms with Crippen LogP contribution in [0.4, 0.5) is 5.69 Å². The first-order valence-electron chi connectivity index (χ1n) is 10.4. The zero-order chi connectivity index (χ0) is 19.9. The van der Waals surface area contributed by atoms with Crippen molar-refractivity contribution in [2.75, 3.05) is 38.0 Å². The molecule has 0 radical (unpaired) electrons. The molecule has 0 spiro atoms. The van der Waals surface area contributed by atoms with Crippen LogP contribution in [0.1, 0.15) is 55.8 Å². The first-order valence-corrected chi connectivity index (χ1v) is 10.4. The summed E-state index contributed by atoms with van der Waals surface area (Å²) in [6.45, 7) is 5.17. The standard InChI is InChI=1S/C22H31N3O3/c1-17(26)19-7-6-8-20(15-19)23-21(27)16-24-13-9-18(10-14-24)22(28)25-11-4-2-3-5-12-25/h6-8,15,18H,2-5,9-14,16H2,1H3,(H,23,27). The Bertz CT molecular complexity index is 703. The molecule has 0 atom stereocenters. The van der Waals surface area contributed by atoms with Gasteiger partial charge in [-0.2, -0.15) is 0 Å². The lowest BCUT2D eigenvalue weighted by Crippen LogP contribution is -2.44. The van der Waals surface area contributed by atoms with Gasteiger partial charge in [0.15, 0.2) is 5.78 Å². The average molecular weight is 386 g/mol. The summed E-state index contributed by atoms with van der Waals surface area (Å²) >= 11 is 0. The molecule has 2 aliphatic heterocycles. The molecule has 1 N–H and O–H groups in total. The summed E-state index contributed by atoms with van der Waals surface area (Å²) in [6.07, 6.45) is 6.34. The molecule has 0 aromatic heterocycles. The fraction of sp³-hybridized carbons (Fsp3) is 0.591. The number of rotatable bonds is 5. The molecule has 0 saturated carbocycles. The molecule has 2 aliphatic rings. The predicted octanol–water partition coefficient (Wildman–Crippen LogP) is 2.94. The van der Waals surface area contributed by atoms with Crippen LogP contribution in [0.15, 0.2) is 24.3 Å². The van der Waals surface area contributed by atoms with E-state index in [1.807, 2.05) is 0 Å². The number of hydrogen-bond donors (Lipinski definition) is 1. The maximum absolute atomic E-state index is 12.8. The average Bonchev–Trinajstić information content (AvgIpc) is 2.97. The largest absolute Gasteiger partial charge is 0.342 e. The highest BCUT2D eigenvalue weighted by Crippen LogP contribution is 2.22. The van der Waals surface area contributed by atoms with Crippen LogP contribution in [0, 0.1) is 5.92 Å². The van der Waals surface area contributed by atoms with E-state index in [1.54, 1.807) is 24.3 Å². The van der Waals surface area contributed by atoms with Gasteiger partial charge in [-0.05, 0) is 57.8 Å². The molecular weight excluding hydrogens is 354 g/mol. The van der Waals surface area contributed by atoms with Gasteiger partial charge < -0.3 is 10.2 Å². The van der Waals surface area contributed by atoms with Crippen molar-refractivity contribution in [2.24, 2.45) is 5.92 Å². The Morgan fingerprint density at radius 2 is 1.68 bits per heavy atom. The number of hydrogen-bond acceptors (Lipinski definition) is 4. The van der Waals surface area contributed by atoms with Crippen LogP contribution in [0.3, 0.4) is 0 Å². The van der Waals surface area contributed by atoms with Gasteiger partial charge in [-0.25, -0.2) is 0 Å². The first-order chi connectivity index (χ1) is 13.5. The number of carbonyl (C=O) groups is 3. The number of Topliss-reactive ketones (excluding diaryl/α,β-unsaturated/α-hetero) is 1. The topological polar surface area (TPSA) is 69.7 Å². The minimum Gasteiger partial charge on any atom is -0.342 e. The molecule has 6 heteroatoms. The van der Waals surface area contributed by atoms with E-state index in [9.17, 15) is 14.4 Å². The van der Waals surface area contributed by atoms with Crippen molar-refractivity contribution in [1.29, 1.82) is 0 Å². The first kappa shape index (κ1) is 20.5. The Kier molecular flexibility index (Phi) is 7.20. The molecule has 2 fully saturated rings. The summed E-state index contributed by atoms with van der Waals surface area (Å²) in [6, 6.07) is 7.00. The van der Waals surface area contributed by atoms with Crippen LogP contribution in [0.25, 0.3) is 0 Å². The molecule has 0 bridgehead atoms. The number of piperidine rings is 1. The fourth-order valence-electron chi connectivity index (χ4n) is 4.11. The summed E-state index contributed by atoms with van der Waals surface area (Å²) in [4.78, 5) is 40.7. The highest BCUT2D eigenvalue weighted by atomic mass is 16.2. The molecule has 2 saturated heterocycles. The van der Waals surface area contributed by atoms with E-state index >= 15 is 0 Å². The second-order valence-corrected chi connectivity index (χ2v) is 7.98. The van der Waals surface area contributed by atoms with Gasteiger partial charge in [-0.3, -0.25) is 19.3 Å².